The second-order valence-electron chi connectivity index (χ2n) is 5.31. The van der Waals surface area contributed by atoms with Crippen molar-refractivity contribution >= 4 is 5.82 Å². The van der Waals surface area contributed by atoms with E-state index in [1.165, 1.54) is 18.4 Å². The molecule has 98 valence electrons. The first-order valence-corrected chi connectivity index (χ1v) is 6.78. The lowest BCUT2D eigenvalue weighted by molar-refractivity contribution is 0.0302. The Morgan fingerprint density at radius 2 is 2.06 bits per heavy atom. The lowest BCUT2D eigenvalue weighted by atomic mass is 10.2. The summed E-state index contributed by atoms with van der Waals surface area (Å²) >= 11 is 0. The largest absolute Gasteiger partial charge is 0.371 e. The first-order chi connectivity index (χ1) is 8.76. The Hall–Kier alpha value is -1.13. The van der Waals surface area contributed by atoms with E-state index >= 15 is 0 Å². The van der Waals surface area contributed by atoms with Crippen molar-refractivity contribution in [2.24, 2.45) is 0 Å². The van der Waals surface area contributed by atoms with Crippen LogP contribution in [0.15, 0.2) is 12.1 Å². The Kier molecular flexibility index (Phi) is 3.22. The predicted octanol–water partition coefficient (Wildman–Crippen LogP) is 1.48. The predicted molar refractivity (Wildman–Crippen MR) is 71.8 cm³/mol. The third kappa shape index (κ3) is 2.22. The summed E-state index contributed by atoms with van der Waals surface area (Å²) in [5, 5.41) is 3.17. The van der Waals surface area contributed by atoms with Crippen molar-refractivity contribution in [3.05, 3.63) is 23.4 Å². The molecule has 18 heavy (non-hydrogen) atoms. The second-order valence-corrected chi connectivity index (χ2v) is 5.31. The number of nitrogens with one attached hydrogen (secondary N) is 1. The summed E-state index contributed by atoms with van der Waals surface area (Å²) in [6, 6.07) is 4.33. The zero-order valence-corrected chi connectivity index (χ0v) is 11.1. The van der Waals surface area contributed by atoms with E-state index in [0.29, 0.717) is 12.2 Å². The monoisotopic (exact) mass is 247 g/mol. The molecular formula is C14H21N3O. The van der Waals surface area contributed by atoms with E-state index in [4.69, 9.17) is 9.72 Å². The molecule has 0 saturated carbocycles. The fourth-order valence-electron chi connectivity index (χ4n) is 2.93. The van der Waals surface area contributed by atoms with Crippen LogP contribution in [0.5, 0.6) is 0 Å². The van der Waals surface area contributed by atoms with Gasteiger partial charge in [-0.3, -0.25) is 0 Å². The Bertz CT molecular complexity index is 423. The minimum atomic E-state index is 0.419. The summed E-state index contributed by atoms with van der Waals surface area (Å²) in [7, 11) is 1.97. The molecule has 4 heteroatoms. The molecule has 4 nitrogen and oxygen atoms in total. The number of fused-ring (bicyclic) bond motifs is 2. The average Bonchev–Trinajstić information content (AvgIpc) is 2.71. The number of hydrogen-bond donors (Lipinski definition) is 1. The van der Waals surface area contributed by atoms with Gasteiger partial charge in [0, 0.05) is 25.3 Å². The van der Waals surface area contributed by atoms with Crippen LogP contribution in [-0.2, 0) is 11.3 Å². The zero-order valence-electron chi connectivity index (χ0n) is 11.1. The van der Waals surface area contributed by atoms with Gasteiger partial charge >= 0.3 is 0 Å². The van der Waals surface area contributed by atoms with Gasteiger partial charge in [0.2, 0.25) is 0 Å². The maximum Gasteiger partial charge on any atom is 0.128 e. The highest BCUT2D eigenvalue weighted by Crippen LogP contribution is 2.29. The maximum atomic E-state index is 5.86. The van der Waals surface area contributed by atoms with Gasteiger partial charge in [0.15, 0.2) is 0 Å². The molecule has 0 spiro atoms. The highest BCUT2D eigenvalue weighted by molar-refractivity contribution is 5.42. The summed E-state index contributed by atoms with van der Waals surface area (Å²) in [4.78, 5) is 7.12. The van der Waals surface area contributed by atoms with Gasteiger partial charge in [-0.1, -0.05) is 6.07 Å². The molecule has 0 aromatic carbocycles. The highest BCUT2D eigenvalue weighted by atomic mass is 16.5. The lowest BCUT2D eigenvalue weighted by Gasteiger charge is -2.33. The minimum Gasteiger partial charge on any atom is -0.371 e. The van der Waals surface area contributed by atoms with Gasteiger partial charge in [0.1, 0.15) is 5.82 Å². The van der Waals surface area contributed by atoms with E-state index in [2.05, 4.69) is 29.3 Å². The highest BCUT2D eigenvalue weighted by Gasteiger charge is 2.34. The van der Waals surface area contributed by atoms with Gasteiger partial charge < -0.3 is 15.0 Å². The molecule has 2 saturated heterocycles. The fraction of sp³-hybridized carbons (Fsp3) is 0.643. The molecule has 2 atom stereocenters. The number of pyridine rings is 1. The van der Waals surface area contributed by atoms with Crippen molar-refractivity contribution < 1.29 is 4.74 Å². The summed E-state index contributed by atoms with van der Waals surface area (Å²) in [6.45, 7) is 4.96. The van der Waals surface area contributed by atoms with E-state index in [1.807, 2.05) is 7.05 Å². The van der Waals surface area contributed by atoms with Crippen LogP contribution in [0.2, 0.25) is 0 Å². The smallest absolute Gasteiger partial charge is 0.128 e. The third-order valence-corrected chi connectivity index (χ3v) is 3.92. The number of rotatable bonds is 3. The molecule has 2 fully saturated rings. The van der Waals surface area contributed by atoms with Gasteiger partial charge in [-0.2, -0.15) is 0 Å². The standard InChI is InChI=1S/C14H21N3O/c1-10-11(7-15-2)3-6-14(16-10)17-8-12-4-5-13(9-17)18-12/h3,6,12-13,15H,4-5,7-9H2,1-2H3. The molecule has 0 amide bonds. The maximum absolute atomic E-state index is 5.86. The number of hydrogen-bond acceptors (Lipinski definition) is 4. The molecule has 0 radical (unpaired) electrons. The first-order valence-electron chi connectivity index (χ1n) is 6.78. The van der Waals surface area contributed by atoms with Crippen LogP contribution in [0, 0.1) is 6.92 Å². The molecule has 2 aliphatic rings. The quantitative estimate of drug-likeness (QED) is 0.878. The van der Waals surface area contributed by atoms with Crippen molar-refractivity contribution in [3.63, 3.8) is 0 Å². The topological polar surface area (TPSA) is 37.4 Å². The number of aryl methyl sites for hydroxylation is 1. The van der Waals surface area contributed by atoms with Crippen LogP contribution in [-0.4, -0.2) is 37.3 Å². The Morgan fingerprint density at radius 3 is 2.67 bits per heavy atom. The second kappa shape index (κ2) is 4.86. The molecule has 2 unspecified atom stereocenters. The van der Waals surface area contributed by atoms with Crippen molar-refractivity contribution in [2.75, 3.05) is 25.0 Å². The zero-order chi connectivity index (χ0) is 12.5. The Labute approximate surface area is 108 Å². The van der Waals surface area contributed by atoms with Gasteiger partial charge in [-0.05, 0) is 38.4 Å². The van der Waals surface area contributed by atoms with Crippen LogP contribution < -0.4 is 10.2 Å². The average molecular weight is 247 g/mol. The van der Waals surface area contributed by atoms with Crippen molar-refractivity contribution in [1.29, 1.82) is 0 Å². The van der Waals surface area contributed by atoms with E-state index in [1.54, 1.807) is 0 Å². The molecule has 3 rings (SSSR count). The van der Waals surface area contributed by atoms with E-state index in [0.717, 1.165) is 31.1 Å². The number of nitrogens with zero attached hydrogens (tertiary/aromatic N) is 2. The fourth-order valence-corrected chi connectivity index (χ4v) is 2.93. The number of aromatic nitrogens is 1. The van der Waals surface area contributed by atoms with Crippen molar-refractivity contribution in [3.8, 4) is 0 Å². The normalized spacial score (nSPS) is 26.7. The SMILES string of the molecule is CNCc1ccc(N2CC3CCC(C2)O3)nc1C. The van der Waals surface area contributed by atoms with Crippen molar-refractivity contribution in [2.45, 2.75) is 38.5 Å². The van der Waals surface area contributed by atoms with Crippen LogP contribution in [0.4, 0.5) is 5.82 Å². The summed E-state index contributed by atoms with van der Waals surface area (Å²) < 4.78 is 5.86. The number of anilines is 1. The van der Waals surface area contributed by atoms with Crippen LogP contribution in [0.1, 0.15) is 24.1 Å². The van der Waals surface area contributed by atoms with Gasteiger partial charge in [0.25, 0.3) is 0 Å². The van der Waals surface area contributed by atoms with Crippen LogP contribution >= 0.6 is 0 Å². The van der Waals surface area contributed by atoms with E-state index in [9.17, 15) is 0 Å². The first kappa shape index (κ1) is 11.9. The van der Waals surface area contributed by atoms with Crippen LogP contribution in [0.3, 0.4) is 0 Å². The molecule has 1 N–H and O–H groups in total. The molecule has 1 aromatic heterocycles. The van der Waals surface area contributed by atoms with Crippen molar-refractivity contribution in [1.82, 2.24) is 10.3 Å². The number of ether oxygens (including phenoxy) is 1. The molecule has 2 bridgehead atoms. The van der Waals surface area contributed by atoms with Gasteiger partial charge in [-0.25, -0.2) is 4.98 Å². The minimum absolute atomic E-state index is 0.419. The van der Waals surface area contributed by atoms with Gasteiger partial charge in [0.05, 0.1) is 12.2 Å². The van der Waals surface area contributed by atoms with E-state index in [-0.39, 0.29) is 0 Å². The summed E-state index contributed by atoms with van der Waals surface area (Å²) in [5.74, 6) is 1.10. The molecule has 2 aliphatic heterocycles. The summed E-state index contributed by atoms with van der Waals surface area (Å²) in [6.07, 6.45) is 3.25. The summed E-state index contributed by atoms with van der Waals surface area (Å²) in [5.41, 5.74) is 2.40. The lowest BCUT2D eigenvalue weighted by Crippen LogP contribution is -2.43. The Balaban J connectivity index is 1.78. The third-order valence-electron chi connectivity index (χ3n) is 3.92. The van der Waals surface area contributed by atoms with E-state index < -0.39 is 0 Å². The molecule has 0 aliphatic carbocycles. The Morgan fingerprint density at radius 1 is 1.33 bits per heavy atom. The molecular weight excluding hydrogens is 226 g/mol. The molecule has 3 heterocycles. The van der Waals surface area contributed by atoms with Crippen LogP contribution in [0.25, 0.3) is 0 Å². The van der Waals surface area contributed by atoms with Gasteiger partial charge in [-0.15, -0.1) is 0 Å². The number of morpholine rings is 1. The molecule has 1 aromatic rings.